The van der Waals surface area contributed by atoms with Gasteiger partial charge in [-0.25, -0.2) is 0 Å². The maximum absolute atomic E-state index is 11.1. The summed E-state index contributed by atoms with van der Waals surface area (Å²) in [7, 11) is 0. The molecule has 1 rings (SSSR count). The fourth-order valence-electron chi connectivity index (χ4n) is 1.19. The summed E-state index contributed by atoms with van der Waals surface area (Å²) in [6, 6.07) is 1.22. The molecule has 0 fully saturated rings. The van der Waals surface area contributed by atoms with E-state index in [0.717, 1.165) is 18.6 Å². The summed E-state index contributed by atoms with van der Waals surface area (Å²) in [5.74, 6) is 0.794. The molecule has 0 spiro atoms. The molecule has 0 atom stereocenters. The molecule has 0 unspecified atom stereocenters. The van der Waals surface area contributed by atoms with Crippen LogP contribution in [-0.4, -0.2) is 15.2 Å². The first kappa shape index (κ1) is 11.8. The van der Waals surface area contributed by atoms with Crippen LogP contribution in [0.2, 0.25) is 0 Å². The highest BCUT2D eigenvalue weighted by Gasteiger charge is 2.10. The number of hydrogen-bond donors (Lipinski definition) is 1. The Labute approximate surface area is 92.3 Å². The zero-order chi connectivity index (χ0) is 11.3. The van der Waals surface area contributed by atoms with E-state index in [1.807, 2.05) is 0 Å². The highest BCUT2D eigenvalue weighted by atomic mass is 32.1. The Hall–Kier alpha value is -1.30. The van der Waals surface area contributed by atoms with Gasteiger partial charge in [0.1, 0.15) is 0 Å². The van der Waals surface area contributed by atoms with Gasteiger partial charge in [0.05, 0.1) is 11.1 Å². The first-order valence-electron chi connectivity index (χ1n) is 4.60. The Bertz CT molecular complexity index is 403. The maximum atomic E-state index is 11.1. The predicted molar refractivity (Wildman–Crippen MR) is 60.4 cm³/mol. The monoisotopic (exact) mass is 228 g/mol. The minimum atomic E-state index is -0.655. The van der Waals surface area contributed by atoms with Gasteiger partial charge in [0.15, 0.2) is 0 Å². The van der Waals surface area contributed by atoms with Crippen LogP contribution in [0.5, 0.6) is 0 Å². The molecule has 0 aliphatic heterocycles. The average molecular weight is 228 g/mol. The van der Waals surface area contributed by atoms with E-state index in [2.05, 4.69) is 12.6 Å². The molecule has 6 heteroatoms. The normalized spacial score (nSPS) is 10.2. The van der Waals surface area contributed by atoms with Crippen LogP contribution in [0.25, 0.3) is 0 Å². The number of thiol groups is 1. The van der Waals surface area contributed by atoms with E-state index in [9.17, 15) is 14.9 Å². The van der Waals surface area contributed by atoms with Crippen molar-refractivity contribution in [1.29, 1.82) is 0 Å². The SMILES string of the molecule is O=c1ccn(CCCCS)cc1[N+](=O)[O-]. The third-order valence-corrected chi connectivity index (χ3v) is 2.30. The van der Waals surface area contributed by atoms with Crippen molar-refractivity contribution in [1.82, 2.24) is 4.57 Å². The van der Waals surface area contributed by atoms with Crippen LogP contribution in [0, 0.1) is 10.1 Å². The first-order valence-corrected chi connectivity index (χ1v) is 5.23. The smallest absolute Gasteiger partial charge is 0.332 e. The van der Waals surface area contributed by atoms with E-state index in [-0.39, 0.29) is 5.69 Å². The van der Waals surface area contributed by atoms with Gasteiger partial charge in [-0.1, -0.05) is 0 Å². The van der Waals surface area contributed by atoms with E-state index in [1.54, 1.807) is 10.8 Å². The predicted octanol–water partition coefficient (Wildman–Crippen LogP) is 1.47. The molecule has 0 aliphatic rings. The largest absolute Gasteiger partial charge is 0.348 e. The van der Waals surface area contributed by atoms with Crippen LogP contribution < -0.4 is 5.43 Å². The van der Waals surface area contributed by atoms with E-state index in [4.69, 9.17) is 0 Å². The summed E-state index contributed by atoms with van der Waals surface area (Å²) < 4.78 is 1.66. The van der Waals surface area contributed by atoms with Crippen molar-refractivity contribution >= 4 is 18.3 Å². The number of rotatable bonds is 5. The molecular formula is C9H12N2O3S. The number of hydrogen-bond acceptors (Lipinski definition) is 4. The van der Waals surface area contributed by atoms with Gasteiger partial charge in [-0.15, -0.1) is 0 Å². The van der Waals surface area contributed by atoms with Gasteiger partial charge in [0, 0.05) is 18.8 Å². The zero-order valence-corrected chi connectivity index (χ0v) is 9.02. The summed E-state index contributed by atoms with van der Waals surface area (Å²) in [5, 5.41) is 10.5. The second-order valence-electron chi connectivity index (χ2n) is 3.12. The third-order valence-electron chi connectivity index (χ3n) is 1.98. The van der Waals surface area contributed by atoms with Crippen LogP contribution >= 0.6 is 12.6 Å². The lowest BCUT2D eigenvalue weighted by Gasteiger charge is -2.04. The van der Waals surface area contributed by atoms with Crippen molar-refractivity contribution in [3.05, 3.63) is 38.8 Å². The lowest BCUT2D eigenvalue weighted by atomic mass is 10.3. The van der Waals surface area contributed by atoms with Crippen LogP contribution in [-0.2, 0) is 6.54 Å². The topological polar surface area (TPSA) is 65.1 Å². The molecule has 1 aromatic rings. The molecule has 0 bridgehead atoms. The molecule has 0 aliphatic carbocycles. The van der Waals surface area contributed by atoms with Crippen LogP contribution in [0.15, 0.2) is 23.3 Å². The lowest BCUT2D eigenvalue weighted by Crippen LogP contribution is -2.11. The van der Waals surface area contributed by atoms with Crippen molar-refractivity contribution in [3.8, 4) is 0 Å². The molecule has 82 valence electrons. The number of nitro groups is 1. The molecule has 0 amide bonds. The van der Waals surface area contributed by atoms with Crippen molar-refractivity contribution in [2.75, 3.05) is 5.75 Å². The van der Waals surface area contributed by atoms with Crippen molar-refractivity contribution in [2.24, 2.45) is 0 Å². The molecule has 5 nitrogen and oxygen atoms in total. The minimum absolute atomic E-state index is 0.372. The molecule has 1 heterocycles. The van der Waals surface area contributed by atoms with Crippen molar-refractivity contribution < 1.29 is 4.92 Å². The first-order chi connectivity index (χ1) is 7.15. The van der Waals surface area contributed by atoms with Gasteiger partial charge in [0.2, 0.25) is 0 Å². The molecule has 1 aromatic heterocycles. The fourth-order valence-corrected chi connectivity index (χ4v) is 1.42. The maximum Gasteiger partial charge on any atom is 0.332 e. The lowest BCUT2D eigenvalue weighted by molar-refractivity contribution is -0.386. The molecule has 0 aromatic carbocycles. The Balaban J connectivity index is 2.79. The Kier molecular flexibility index (Phi) is 4.36. The van der Waals surface area contributed by atoms with Gasteiger partial charge in [0.25, 0.3) is 5.43 Å². The van der Waals surface area contributed by atoms with Crippen LogP contribution in [0.3, 0.4) is 0 Å². The summed E-state index contributed by atoms with van der Waals surface area (Å²) in [5.41, 5.74) is -0.922. The summed E-state index contributed by atoms with van der Waals surface area (Å²) in [6.45, 7) is 0.668. The second-order valence-corrected chi connectivity index (χ2v) is 3.57. The molecule has 0 radical (unpaired) electrons. The molecule has 0 saturated heterocycles. The van der Waals surface area contributed by atoms with Crippen LogP contribution in [0.1, 0.15) is 12.8 Å². The minimum Gasteiger partial charge on any atom is -0.348 e. The van der Waals surface area contributed by atoms with Crippen molar-refractivity contribution in [3.63, 3.8) is 0 Å². The average Bonchev–Trinajstić information content (AvgIpc) is 2.20. The summed E-state index contributed by atoms with van der Waals surface area (Å²) in [4.78, 5) is 20.9. The van der Waals surface area contributed by atoms with Crippen LogP contribution in [0.4, 0.5) is 5.69 Å². The number of aromatic nitrogens is 1. The highest BCUT2D eigenvalue weighted by molar-refractivity contribution is 7.80. The van der Waals surface area contributed by atoms with Crippen molar-refractivity contribution in [2.45, 2.75) is 19.4 Å². The van der Waals surface area contributed by atoms with Gasteiger partial charge in [-0.05, 0) is 18.6 Å². The molecular weight excluding hydrogens is 216 g/mol. The second kappa shape index (κ2) is 5.55. The van der Waals surface area contributed by atoms with Gasteiger partial charge in [-0.2, -0.15) is 12.6 Å². The highest BCUT2D eigenvalue weighted by Crippen LogP contribution is 2.04. The molecule has 0 saturated carbocycles. The number of unbranched alkanes of at least 4 members (excludes halogenated alkanes) is 1. The Morgan fingerprint density at radius 3 is 2.80 bits per heavy atom. The van der Waals surface area contributed by atoms with Gasteiger partial charge < -0.3 is 4.57 Å². The van der Waals surface area contributed by atoms with E-state index >= 15 is 0 Å². The third kappa shape index (κ3) is 3.39. The number of nitrogens with zero attached hydrogens (tertiary/aromatic N) is 2. The quantitative estimate of drug-likeness (QED) is 0.359. The van der Waals surface area contributed by atoms with E-state index in [0.29, 0.717) is 6.54 Å². The van der Waals surface area contributed by atoms with E-state index in [1.165, 1.54) is 12.3 Å². The zero-order valence-electron chi connectivity index (χ0n) is 8.13. The van der Waals surface area contributed by atoms with Gasteiger partial charge in [-0.3, -0.25) is 14.9 Å². The van der Waals surface area contributed by atoms with Gasteiger partial charge >= 0.3 is 5.69 Å². The standard InChI is InChI=1S/C9H12N2O3S/c12-9-3-5-10(4-1-2-6-15)7-8(9)11(13)14/h3,5,7,15H,1-2,4,6H2. The molecule has 0 N–H and O–H groups in total. The number of pyridine rings is 1. The van der Waals surface area contributed by atoms with E-state index < -0.39 is 10.4 Å². The molecule has 15 heavy (non-hydrogen) atoms. The Morgan fingerprint density at radius 2 is 2.20 bits per heavy atom. The summed E-state index contributed by atoms with van der Waals surface area (Å²) in [6.07, 6.45) is 4.68. The number of aryl methyl sites for hydroxylation is 1. The summed E-state index contributed by atoms with van der Waals surface area (Å²) >= 11 is 4.07. The fraction of sp³-hybridized carbons (Fsp3) is 0.444. The Morgan fingerprint density at radius 1 is 1.47 bits per heavy atom.